The molecule has 0 bridgehead atoms. The van der Waals surface area contributed by atoms with Gasteiger partial charge in [0.05, 0.1) is 0 Å². The van der Waals surface area contributed by atoms with Crippen LogP contribution in [0.2, 0.25) is 10.0 Å². The highest BCUT2D eigenvalue weighted by Crippen LogP contribution is 2.32. The fourth-order valence-corrected chi connectivity index (χ4v) is 4.44. The van der Waals surface area contributed by atoms with Gasteiger partial charge in [0.2, 0.25) is 0 Å². The summed E-state index contributed by atoms with van der Waals surface area (Å²) >= 11 is 13.0. The van der Waals surface area contributed by atoms with Crippen LogP contribution in [0.25, 0.3) is 17.5 Å². The molecule has 35 heavy (non-hydrogen) atoms. The van der Waals surface area contributed by atoms with Crippen molar-refractivity contribution in [3.63, 3.8) is 0 Å². The molecule has 0 saturated carbocycles. The van der Waals surface area contributed by atoms with Crippen molar-refractivity contribution >= 4 is 47.0 Å². The summed E-state index contributed by atoms with van der Waals surface area (Å²) in [7, 11) is 0. The maximum absolute atomic E-state index is 12.1. The number of halogens is 2. The van der Waals surface area contributed by atoms with Crippen LogP contribution in [0.5, 0.6) is 5.75 Å². The van der Waals surface area contributed by atoms with Crippen molar-refractivity contribution in [2.45, 2.75) is 25.2 Å². The van der Waals surface area contributed by atoms with Crippen molar-refractivity contribution < 1.29 is 14.6 Å². The van der Waals surface area contributed by atoms with Crippen LogP contribution in [0, 0.1) is 0 Å². The summed E-state index contributed by atoms with van der Waals surface area (Å²) in [6.45, 7) is 2.85. The van der Waals surface area contributed by atoms with Gasteiger partial charge in [-0.15, -0.1) is 10.2 Å². The largest absolute Gasteiger partial charge is 0.488 e. The molecule has 0 atom stereocenters. The maximum Gasteiger partial charge on any atom is 0.342 e. The topological polar surface area (TPSA) is 77.2 Å². The molecule has 178 valence electrons. The van der Waals surface area contributed by atoms with E-state index in [1.165, 1.54) is 0 Å². The molecular formula is C26H21Cl2N3O3S. The summed E-state index contributed by atoms with van der Waals surface area (Å²) in [5.41, 5.74) is 2.44. The molecule has 0 aliphatic heterocycles. The lowest BCUT2D eigenvalue weighted by atomic mass is 10.2. The molecule has 1 N–H and O–H groups in total. The monoisotopic (exact) mass is 525 g/mol. The number of nitrogens with zero attached hydrogens (tertiary/aromatic N) is 3. The van der Waals surface area contributed by atoms with Gasteiger partial charge in [-0.1, -0.05) is 53.5 Å². The van der Waals surface area contributed by atoms with Crippen LogP contribution in [-0.4, -0.2) is 25.8 Å². The van der Waals surface area contributed by atoms with E-state index >= 15 is 0 Å². The second-order valence-electron chi connectivity index (χ2n) is 7.43. The molecule has 0 amide bonds. The van der Waals surface area contributed by atoms with Gasteiger partial charge in [-0.05, 0) is 72.8 Å². The van der Waals surface area contributed by atoms with E-state index in [1.807, 2.05) is 54.0 Å². The minimum absolute atomic E-state index is 0.0947. The van der Waals surface area contributed by atoms with Crippen LogP contribution < -0.4 is 4.74 Å². The molecule has 0 radical (unpaired) electrons. The number of para-hydroxylation sites is 1. The number of hydrogen-bond donors (Lipinski definition) is 1. The Morgan fingerprint density at radius 2 is 1.66 bits per heavy atom. The van der Waals surface area contributed by atoms with Gasteiger partial charge in [0.15, 0.2) is 11.0 Å². The van der Waals surface area contributed by atoms with Gasteiger partial charge in [0.25, 0.3) is 0 Å². The number of ether oxygens (including phenoxy) is 1. The third kappa shape index (κ3) is 6.25. The minimum Gasteiger partial charge on any atom is -0.488 e. The molecule has 0 spiro atoms. The number of aliphatic carboxylic acids is 1. The van der Waals surface area contributed by atoms with Crippen molar-refractivity contribution in [3.8, 4) is 17.1 Å². The third-order valence-electron chi connectivity index (χ3n) is 5.06. The molecule has 3 aromatic carbocycles. The summed E-state index contributed by atoms with van der Waals surface area (Å²) in [6.07, 6.45) is 1.58. The molecule has 1 aromatic heterocycles. The Hall–Kier alpha value is -3.26. The first kappa shape index (κ1) is 24.9. The van der Waals surface area contributed by atoms with Gasteiger partial charge in [0, 0.05) is 27.7 Å². The number of rotatable bonds is 9. The molecule has 0 aliphatic carbocycles. The van der Waals surface area contributed by atoms with Crippen molar-refractivity contribution in [1.82, 2.24) is 14.8 Å². The summed E-state index contributed by atoms with van der Waals surface area (Å²) in [5, 5.41) is 20.2. The highest BCUT2D eigenvalue weighted by Gasteiger charge is 2.19. The van der Waals surface area contributed by atoms with Crippen LogP contribution in [0.4, 0.5) is 0 Å². The standard InChI is InChI=1S/C26H21Cl2N3O3S/c1-2-31-24(18-9-13-21(28)14-10-18)29-30-26(31)35-23(25(32)33)15-19-5-3-4-6-22(19)34-16-17-7-11-20(27)12-8-17/h3-15H,2,16H2,1H3,(H,32,33)/b23-15-. The zero-order valence-electron chi connectivity index (χ0n) is 18.7. The van der Waals surface area contributed by atoms with E-state index in [-0.39, 0.29) is 4.91 Å². The molecule has 4 aromatic rings. The lowest BCUT2D eigenvalue weighted by Crippen LogP contribution is -2.03. The molecule has 0 saturated heterocycles. The average molecular weight is 526 g/mol. The zero-order chi connectivity index (χ0) is 24.8. The summed E-state index contributed by atoms with van der Waals surface area (Å²) in [4.78, 5) is 12.2. The van der Waals surface area contributed by atoms with E-state index in [0.29, 0.717) is 45.5 Å². The van der Waals surface area contributed by atoms with Crippen molar-refractivity contribution in [1.29, 1.82) is 0 Å². The smallest absolute Gasteiger partial charge is 0.342 e. The van der Waals surface area contributed by atoms with E-state index in [4.69, 9.17) is 27.9 Å². The summed E-state index contributed by atoms with van der Waals surface area (Å²) < 4.78 is 7.85. The lowest BCUT2D eigenvalue weighted by molar-refractivity contribution is -0.131. The second-order valence-corrected chi connectivity index (χ2v) is 9.31. The molecule has 6 nitrogen and oxygen atoms in total. The Bertz CT molecular complexity index is 1350. The molecule has 9 heteroatoms. The fraction of sp³-hybridized carbons (Fsp3) is 0.115. The van der Waals surface area contributed by atoms with Crippen LogP contribution in [0.3, 0.4) is 0 Å². The van der Waals surface area contributed by atoms with Gasteiger partial charge >= 0.3 is 5.97 Å². The van der Waals surface area contributed by atoms with Gasteiger partial charge in [-0.2, -0.15) is 0 Å². The first-order chi connectivity index (χ1) is 16.9. The van der Waals surface area contributed by atoms with Gasteiger partial charge < -0.3 is 14.4 Å². The van der Waals surface area contributed by atoms with Gasteiger partial charge in [-0.25, -0.2) is 4.79 Å². The normalized spacial score (nSPS) is 11.5. The first-order valence-corrected chi connectivity index (χ1v) is 12.3. The highest BCUT2D eigenvalue weighted by molar-refractivity contribution is 8.04. The van der Waals surface area contributed by atoms with Gasteiger partial charge in [0.1, 0.15) is 17.3 Å². The maximum atomic E-state index is 12.1. The first-order valence-electron chi connectivity index (χ1n) is 10.7. The highest BCUT2D eigenvalue weighted by atomic mass is 35.5. The Balaban J connectivity index is 1.60. The van der Waals surface area contributed by atoms with Crippen molar-refractivity contribution in [3.05, 3.63) is 98.9 Å². The number of carbonyl (C=O) groups is 1. The molecule has 4 rings (SSSR count). The number of benzene rings is 3. The van der Waals surface area contributed by atoms with E-state index < -0.39 is 5.97 Å². The Labute approximate surface area is 217 Å². The number of hydrogen-bond acceptors (Lipinski definition) is 5. The molecule has 0 aliphatic rings. The summed E-state index contributed by atoms with van der Waals surface area (Å²) in [6, 6.07) is 21.9. The Morgan fingerprint density at radius 3 is 2.31 bits per heavy atom. The zero-order valence-corrected chi connectivity index (χ0v) is 21.0. The Morgan fingerprint density at radius 1 is 1.00 bits per heavy atom. The SMILES string of the molecule is CCn1c(S/C(=C\c2ccccc2OCc2ccc(Cl)cc2)C(=O)O)nnc1-c1ccc(Cl)cc1. The predicted octanol–water partition coefficient (Wildman–Crippen LogP) is 7.07. The molecular weight excluding hydrogens is 505 g/mol. The van der Waals surface area contributed by atoms with Crippen LogP contribution in [-0.2, 0) is 17.9 Å². The lowest BCUT2D eigenvalue weighted by Gasteiger charge is -2.11. The number of carboxylic acid groups (broad SMARTS) is 1. The summed E-state index contributed by atoms with van der Waals surface area (Å²) in [5.74, 6) is 0.143. The molecule has 1 heterocycles. The average Bonchev–Trinajstić information content (AvgIpc) is 3.27. The van der Waals surface area contributed by atoms with E-state index in [9.17, 15) is 9.90 Å². The van der Waals surface area contributed by atoms with Crippen LogP contribution in [0.15, 0.2) is 82.9 Å². The van der Waals surface area contributed by atoms with E-state index in [1.54, 1.807) is 36.4 Å². The van der Waals surface area contributed by atoms with E-state index in [2.05, 4.69) is 10.2 Å². The molecule has 0 fully saturated rings. The second kappa shape index (κ2) is 11.4. The van der Waals surface area contributed by atoms with Crippen LogP contribution in [0.1, 0.15) is 18.1 Å². The number of aromatic nitrogens is 3. The Kier molecular flexibility index (Phi) is 8.13. The quantitative estimate of drug-likeness (QED) is 0.186. The van der Waals surface area contributed by atoms with Crippen molar-refractivity contribution in [2.75, 3.05) is 0 Å². The van der Waals surface area contributed by atoms with E-state index in [0.717, 1.165) is 22.9 Å². The predicted molar refractivity (Wildman–Crippen MR) is 140 cm³/mol. The van der Waals surface area contributed by atoms with Crippen LogP contribution >= 0.6 is 35.0 Å². The minimum atomic E-state index is -1.07. The molecule has 0 unspecified atom stereocenters. The fourth-order valence-electron chi connectivity index (χ4n) is 3.31. The van der Waals surface area contributed by atoms with Gasteiger partial charge in [-0.3, -0.25) is 0 Å². The number of thioether (sulfide) groups is 1. The number of carboxylic acids is 1. The third-order valence-corrected chi connectivity index (χ3v) is 6.56. The van der Waals surface area contributed by atoms with Crippen molar-refractivity contribution in [2.24, 2.45) is 0 Å².